The molecule has 0 aromatic heterocycles. The molecule has 1 amide bonds. The van der Waals surface area contributed by atoms with Gasteiger partial charge < -0.3 is 10.2 Å². The summed E-state index contributed by atoms with van der Waals surface area (Å²) in [6.45, 7) is 2.74. The van der Waals surface area contributed by atoms with E-state index in [9.17, 15) is 4.79 Å². The Hall–Kier alpha value is -0.220. The van der Waals surface area contributed by atoms with E-state index in [1.165, 1.54) is 0 Å². The molecule has 0 aliphatic rings. The highest BCUT2D eigenvalue weighted by molar-refractivity contribution is 7.81. The van der Waals surface area contributed by atoms with Crippen LogP contribution in [-0.2, 0) is 4.79 Å². The number of likely N-dealkylation sites (N-methyl/N-ethyl adjacent to an activating group) is 1. The van der Waals surface area contributed by atoms with E-state index >= 15 is 0 Å². The van der Waals surface area contributed by atoms with E-state index < -0.39 is 0 Å². The van der Waals surface area contributed by atoms with Gasteiger partial charge in [-0.25, -0.2) is 0 Å². The number of hydrogen-bond donors (Lipinski definition) is 2. The van der Waals surface area contributed by atoms with Crippen molar-refractivity contribution in [1.29, 1.82) is 0 Å². The second-order valence-corrected chi connectivity index (χ2v) is 3.09. The van der Waals surface area contributed by atoms with Gasteiger partial charge in [0.15, 0.2) is 0 Å². The number of carbonyl (C=O) groups excluding carboxylic acids is 1. The Morgan fingerprint density at radius 3 is 2.55 bits per heavy atom. The topological polar surface area (TPSA) is 32.3 Å². The van der Waals surface area contributed by atoms with Gasteiger partial charge in [-0.2, -0.15) is 12.6 Å². The van der Waals surface area contributed by atoms with E-state index in [1.54, 1.807) is 0 Å². The highest BCUT2D eigenvalue weighted by atomic mass is 32.1. The van der Waals surface area contributed by atoms with Crippen LogP contribution in [0.3, 0.4) is 0 Å². The molecule has 1 atom stereocenters. The Morgan fingerprint density at radius 1 is 1.64 bits per heavy atom. The molecule has 0 radical (unpaired) electrons. The summed E-state index contributed by atoms with van der Waals surface area (Å²) in [6, 6.07) is 0.374. The van der Waals surface area contributed by atoms with Crippen LogP contribution in [0.4, 0.5) is 0 Å². The van der Waals surface area contributed by atoms with Gasteiger partial charge in [-0.05, 0) is 21.0 Å². The standard InChI is InChI=1S/C7H16N2OS/c1-6(9(2)3)4-8-7(10)5-11/h6,11H,4-5H2,1-3H3,(H,8,10). The van der Waals surface area contributed by atoms with E-state index in [1.807, 2.05) is 14.1 Å². The lowest BCUT2D eigenvalue weighted by molar-refractivity contribution is -0.118. The van der Waals surface area contributed by atoms with Crippen LogP contribution in [0.1, 0.15) is 6.92 Å². The second kappa shape index (κ2) is 5.43. The van der Waals surface area contributed by atoms with E-state index in [0.29, 0.717) is 12.6 Å². The number of thiol groups is 1. The summed E-state index contributed by atoms with van der Waals surface area (Å²) in [5.74, 6) is 0.252. The molecule has 0 saturated carbocycles. The van der Waals surface area contributed by atoms with Gasteiger partial charge in [0.25, 0.3) is 0 Å². The van der Waals surface area contributed by atoms with Crippen molar-refractivity contribution in [3.63, 3.8) is 0 Å². The summed E-state index contributed by atoms with van der Waals surface area (Å²) in [5, 5.41) is 2.76. The van der Waals surface area contributed by atoms with Crippen LogP contribution in [0.5, 0.6) is 0 Å². The molecule has 0 aliphatic carbocycles. The molecular weight excluding hydrogens is 160 g/mol. The van der Waals surface area contributed by atoms with Crippen LogP contribution in [0, 0.1) is 0 Å². The highest BCUT2D eigenvalue weighted by Crippen LogP contribution is 1.88. The molecule has 0 saturated heterocycles. The molecule has 66 valence electrons. The minimum Gasteiger partial charge on any atom is -0.354 e. The first-order chi connectivity index (χ1) is 5.07. The van der Waals surface area contributed by atoms with E-state index in [4.69, 9.17) is 0 Å². The van der Waals surface area contributed by atoms with Gasteiger partial charge in [-0.1, -0.05) is 0 Å². The van der Waals surface area contributed by atoms with Gasteiger partial charge in [0.05, 0.1) is 5.75 Å². The summed E-state index contributed by atoms with van der Waals surface area (Å²) in [4.78, 5) is 12.8. The van der Waals surface area contributed by atoms with Crippen molar-refractivity contribution in [1.82, 2.24) is 10.2 Å². The van der Waals surface area contributed by atoms with Crippen molar-refractivity contribution >= 4 is 18.5 Å². The van der Waals surface area contributed by atoms with Gasteiger partial charge in [0.2, 0.25) is 5.91 Å². The number of carbonyl (C=O) groups is 1. The third-order valence-corrected chi connectivity index (χ3v) is 1.91. The molecule has 3 nitrogen and oxygen atoms in total. The summed E-state index contributed by atoms with van der Waals surface area (Å²) >= 11 is 3.84. The van der Waals surface area contributed by atoms with Crippen LogP contribution in [-0.4, -0.2) is 43.2 Å². The van der Waals surface area contributed by atoms with Crippen LogP contribution in [0.15, 0.2) is 0 Å². The van der Waals surface area contributed by atoms with Gasteiger partial charge in [-0.15, -0.1) is 0 Å². The lowest BCUT2D eigenvalue weighted by Gasteiger charge is -2.19. The molecule has 1 unspecified atom stereocenters. The van der Waals surface area contributed by atoms with Crippen LogP contribution in [0.25, 0.3) is 0 Å². The van der Waals surface area contributed by atoms with E-state index in [0.717, 1.165) is 0 Å². The van der Waals surface area contributed by atoms with Crippen molar-refractivity contribution in [2.24, 2.45) is 0 Å². The smallest absolute Gasteiger partial charge is 0.229 e. The quantitative estimate of drug-likeness (QED) is 0.590. The van der Waals surface area contributed by atoms with Gasteiger partial charge in [-0.3, -0.25) is 4.79 Å². The minimum atomic E-state index is -0.0120. The SMILES string of the molecule is CC(CNC(=O)CS)N(C)C. The maximum atomic E-state index is 10.7. The molecule has 0 rings (SSSR count). The lowest BCUT2D eigenvalue weighted by Crippen LogP contribution is -2.38. The normalized spacial score (nSPS) is 13.2. The Kier molecular flexibility index (Phi) is 5.32. The summed E-state index contributed by atoms with van der Waals surface area (Å²) < 4.78 is 0. The molecule has 1 N–H and O–H groups in total. The third-order valence-electron chi connectivity index (χ3n) is 1.62. The Morgan fingerprint density at radius 2 is 2.18 bits per heavy atom. The molecule has 0 heterocycles. The first-order valence-electron chi connectivity index (χ1n) is 3.62. The first-order valence-corrected chi connectivity index (χ1v) is 4.25. The monoisotopic (exact) mass is 176 g/mol. The molecule has 0 aromatic rings. The van der Waals surface area contributed by atoms with Crippen molar-refractivity contribution in [3.05, 3.63) is 0 Å². The molecular formula is C7H16N2OS. The van der Waals surface area contributed by atoms with Gasteiger partial charge >= 0.3 is 0 Å². The van der Waals surface area contributed by atoms with Crippen molar-refractivity contribution < 1.29 is 4.79 Å². The zero-order valence-corrected chi connectivity index (χ0v) is 8.19. The maximum absolute atomic E-state index is 10.7. The second-order valence-electron chi connectivity index (χ2n) is 2.77. The van der Waals surface area contributed by atoms with E-state index in [2.05, 4.69) is 29.8 Å². The average Bonchev–Trinajstić information content (AvgIpc) is 1.99. The highest BCUT2D eigenvalue weighted by Gasteiger charge is 2.04. The van der Waals surface area contributed by atoms with Crippen molar-refractivity contribution in [2.75, 3.05) is 26.4 Å². The van der Waals surface area contributed by atoms with Crippen LogP contribution in [0.2, 0.25) is 0 Å². The summed E-state index contributed by atoms with van der Waals surface area (Å²) in [5.41, 5.74) is 0. The largest absolute Gasteiger partial charge is 0.354 e. The molecule has 4 heteroatoms. The fourth-order valence-corrected chi connectivity index (χ4v) is 0.612. The molecule has 0 spiro atoms. The van der Waals surface area contributed by atoms with Crippen molar-refractivity contribution in [2.45, 2.75) is 13.0 Å². The van der Waals surface area contributed by atoms with Gasteiger partial charge in [0, 0.05) is 12.6 Å². The molecule has 0 aliphatic heterocycles. The maximum Gasteiger partial charge on any atom is 0.229 e. The number of hydrogen-bond acceptors (Lipinski definition) is 3. The molecule has 0 aromatic carbocycles. The average molecular weight is 176 g/mol. The molecule has 0 fully saturated rings. The Bertz CT molecular complexity index is 128. The number of rotatable bonds is 4. The number of amides is 1. The Balaban J connectivity index is 3.45. The fraction of sp³-hybridized carbons (Fsp3) is 0.857. The first kappa shape index (κ1) is 10.8. The molecule has 11 heavy (non-hydrogen) atoms. The number of nitrogens with one attached hydrogen (secondary N) is 1. The van der Waals surface area contributed by atoms with Crippen molar-refractivity contribution in [3.8, 4) is 0 Å². The predicted octanol–water partition coefficient (Wildman–Crippen LogP) is -0.0175. The number of nitrogens with zero attached hydrogens (tertiary/aromatic N) is 1. The van der Waals surface area contributed by atoms with E-state index in [-0.39, 0.29) is 11.7 Å². The molecule has 0 bridgehead atoms. The van der Waals surface area contributed by atoms with Gasteiger partial charge in [0.1, 0.15) is 0 Å². The predicted molar refractivity (Wildman–Crippen MR) is 50.0 cm³/mol. The summed E-state index contributed by atoms with van der Waals surface area (Å²) in [6.07, 6.45) is 0. The zero-order chi connectivity index (χ0) is 8.85. The fourth-order valence-electron chi connectivity index (χ4n) is 0.500. The lowest BCUT2D eigenvalue weighted by atomic mass is 10.3. The minimum absolute atomic E-state index is 0.0120. The van der Waals surface area contributed by atoms with Crippen LogP contribution >= 0.6 is 12.6 Å². The third kappa shape index (κ3) is 5.09. The Labute approximate surface area is 73.6 Å². The zero-order valence-electron chi connectivity index (χ0n) is 7.29. The summed E-state index contributed by atoms with van der Waals surface area (Å²) in [7, 11) is 3.97. The van der Waals surface area contributed by atoms with Crippen LogP contribution < -0.4 is 5.32 Å².